The summed E-state index contributed by atoms with van der Waals surface area (Å²) in [5, 5.41) is 3.37. The molecule has 1 rings (SSSR count). The fraction of sp³-hybridized carbons (Fsp3) is 0.571. The Kier molecular flexibility index (Phi) is 7.39. The van der Waals surface area contributed by atoms with Gasteiger partial charge in [-0.15, -0.1) is 0 Å². The van der Waals surface area contributed by atoms with Crippen LogP contribution in [0.25, 0.3) is 0 Å². The van der Waals surface area contributed by atoms with Crippen molar-refractivity contribution in [1.82, 2.24) is 5.32 Å². The van der Waals surface area contributed by atoms with Crippen LogP contribution in [0, 0.1) is 5.82 Å². The highest BCUT2D eigenvalue weighted by atomic mass is 19.1. The van der Waals surface area contributed by atoms with E-state index in [1.54, 1.807) is 12.1 Å². The highest BCUT2D eigenvalue weighted by molar-refractivity contribution is 5.21. The molecular weight excluding hydrogens is 217 g/mol. The Morgan fingerprint density at radius 1 is 1.06 bits per heavy atom. The Balaban J connectivity index is 1.95. The molecule has 0 aliphatic heterocycles. The summed E-state index contributed by atoms with van der Waals surface area (Å²) in [7, 11) is 0. The largest absolute Gasteiger partial charge is 0.494 e. The minimum Gasteiger partial charge on any atom is -0.494 e. The van der Waals surface area contributed by atoms with Crippen LogP contribution in [0.1, 0.15) is 32.6 Å². The van der Waals surface area contributed by atoms with Crippen LogP contribution in [0.3, 0.4) is 0 Å². The number of rotatable bonds is 9. The summed E-state index contributed by atoms with van der Waals surface area (Å²) in [6, 6.07) is 6.17. The van der Waals surface area contributed by atoms with Gasteiger partial charge in [-0.3, -0.25) is 0 Å². The van der Waals surface area contributed by atoms with Crippen LogP contribution in [-0.2, 0) is 0 Å². The number of unbranched alkanes of at least 4 members (excludes halogenated alkanes) is 2. The number of ether oxygens (including phenoxy) is 1. The van der Waals surface area contributed by atoms with E-state index < -0.39 is 0 Å². The molecule has 1 aromatic carbocycles. The zero-order valence-electron chi connectivity index (χ0n) is 10.5. The second-order valence-electron chi connectivity index (χ2n) is 4.11. The molecular formula is C14H22FNO. The molecule has 17 heavy (non-hydrogen) atoms. The number of benzene rings is 1. The lowest BCUT2D eigenvalue weighted by atomic mass is 10.2. The van der Waals surface area contributed by atoms with Gasteiger partial charge in [0.15, 0.2) is 0 Å². The number of nitrogens with one attached hydrogen (secondary N) is 1. The fourth-order valence-electron chi connectivity index (χ4n) is 1.55. The van der Waals surface area contributed by atoms with Gasteiger partial charge >= 0.3 is 0 Å². The third-order valence-corrected chi connectivity index (χ3v) is 2.51. The Morgan fingerprint density at radius 2 is 1.82 bits per heavy atom. The van der Waals surface area contributed by atoms with Gasteiger partial charge in [0.25, 0.3) is 0 Å². The van der Waals surface area contributed by atoms with Crippen molar-refractivity contribution in [3.8, 4) is 5.75 Å². The van der Waals surface area contributed by atoms with Crippen molar-refractivity contribution in [2.45, 2.75) is 32.6 Å². The normalized spacial score (nSPS) is 10.5. The summed E-state index contributed by atoms with van der Waals surface area (Å²) >= 11 is 0. The summed E-state index contributed by atoms with van der Waals surface area (Å²) in [5.74, 6) is 0.523. The zero-order valence-corrected chi connectivity index (χ0v) is 10.5. The Labute approximate surface area is 103 Å². The van der Waals surface area contributed by atoms with Crippen LogP contribution in [0.2, 0.25) is 0 Å². The third-order valence-electron chi connectivity index (χ3n) is 2.51. The summed E-state index contributed by atoms with van der Waals surface area (Å²) in [5.41, 5.74) is 0. The summed E-state index contributed by atoms with van der Waals surface area (Å²) in [6.07, 6.45) is 4.59. The first kappa shape index (κ1) is 14.0. The molecule has 0 bridgehead atoms. The molecule has 2 nitrogen and oxygen atoms in total. The minimum atomic E-state index is -0.223. The molecule has 0 aromatic heterocycles. The number of hydrogen-bond acceptors (Lipinski definition) is 2. The highest BCUT2D eigenvalue weighted by Crippen LogP contribution is 2.11. The van der Waals surface area contributed by atoms with Gasteiger partial charge in [0.1, 0.15) is 11.6 Å². The fourth-order valence-corrected chi connectivity index (χ4v) is 1.55. The quantitative estimate of drug-likeness (QED) is 0.667. The smallest absolute Gasteiger partial charge is 0.123 e. The first-order valence-electron chi connectivity index (χ1n) is 6.42. The van der Waals surface area contributed by atoms with Crippen molar-refractivity contribution >= 4 is 0 Å². The van der Waals surface area contributed by atoms with Gasteiger partial charge in [-0.2, -0.15) is 0 Å². The van der Waals surface area contributed by atoms with E-state index in [1.165, 1.54) is 25.0 Å². The van der Waals surface area contributed by atoms with Gasteiger partial charge in [-0.25, -0.2) is 4.39 Å². The average Bonchev–Trinajstić information content (AvgIpc) is 2.35. The van der Waals surface area contributed by atoms with Gasteiger partial charge in [0.2, 0.25) is 0 Å². The van der Waals surface area contributed by atoms with Crippen molar-refractivity contribution < 1.29 is 9.13 Å². The SMILES string of the molecule is CCCNCCCCCOc1ccc(F)cc1. The summed E-state index contributed by atoms with van der Waals surface area (Å²) in [4.78, 5) is 0. The second-order valence-corrected chi connectivity index (χ2v) is 4.11. The van der Waals surface area contributed by atoms with Gasteiger partial charge in [0.05, 0.1) is 6.61 Å². The van der Waals surface area contributed by atoms with Crippen LogP contribution in [0.5, 0.6) is 5.75 Å². The topological polar surface area (TPSA) is 21.3 Å². The molecule has 0 heterocycles. The van der Waals surface area contributed by atoms with Gasteiger partial charge < -0.3 is 10.1 Å². The molecule has 0 spiro atoms. The second kappa shape index (κ2) is 8.99. The molecule has 0 radical (unpaired) electrons. The molecule has 0 fully saturated rings. The minimum absolute atomic E-state index is 0.223. The van der Waals surface area contributed by atoms with Crippen molar-refractivity contribution in [1.29, 1.82) is 0 Å². The van der Waals surface area contributed by atoms with Crippen molar-refractivity contribution in [2.75, 3.05) is 19.7 Å². The molecule has 0 saturated carbocycles. The lowest BCUT2D eigenvalue weighted by Gasteiger charge is -2.06. The molecule has 0 saturated heterocycles. The van der Waals surface area contributed by atoms with E-state index >= 15 is 0 Å². The lowest BCUT2D eigenvalue weighted by Crippen LogP contribution is -2.15. The van der Waals surface area contributed by atoms with Crippen LogP contribution in [0.15, 0.2) is 24.3 Å². The van der Waals surface area contributed by atoms with Gasteiger partial charge in [0, 0.05) is 0 Å². The van der Waals surface area contributed by atoms with E-state index in [0.717, 1.165) is 31.7 Å². The summed E-state index contributed by atoms with van der Waals surface area (Å²) < 4.78 is 18.1. The van der Waals surface area contributed by atoms with E-state index in [1.807, 2.05) is 0 Å². The molecule has 1 aromatic rings. The maximum absolute atomic E-state index is 12.6. The predicted octanol–water partition coefficient (Wildman–Crippen LogP) is 3.37. The maximum atomic E-state index is 12.6. The molecule has 96 valence electrons. The Hall–Kier alpha value is -1.09. The average molecular weight is 239 g/mol. The van der Waals surface area contributed by atoms with Crippen molar-refractivity contribution in [2.24, 2.45) is 0 Å². The number of hydrogen-bond donors (Lipinski definition) is 1. The highest BCUT2D eigenvalue weighted by Gasteiger charge is 1.94. The third kappa shape index (κ3) is 6.95. The van der Waals surface area contributed by atoms with Crippen LogP contribution in [-0.4, -0.2) is 19.7 Å². The molecule has 0 atom stereocenters. The number of halogens is 1. The summed E-state index contributed by atoms with van der Waals surface area (Å²) in [6.45, 7) is 5.07. The van der Waals surface area contributed by atoms with E-state index in [-0.39, 0.29) is 5.82 Å². The van der Waals surface area contributed by atoms with E-state index in [0.29, 0.717) is 6.61 Å². The maximum Gasteiger partial charge on any atom is 0.123 e. The van der Waals surface area contributed by atoms with Gasteiger partial charge in [-0.1, -0.05) is 6.92 Å². The van der Waals surface area contributed by atoms with E-state index in [9.17, 15) is 4.39 Å². The van der Waals surface area contributed by atoms with E-state index in [2.05, 4.69) is 12.2 Å². The molecule has 3 heteroatoms. The molecule has 0 amide bonds. The lowest BCUT2D eigenvalue weighted by molar-refractivity contribution is 0.304. The first-order chi connectivity index (χ1) is 8.33. The van der Waals surface area contributed by atoms with Crippen molar-refractivity contribution in [3.05, 3.63) is 30.1 Å². The molecule has 0 unspecified atom stereocenters. The molecule has 0 aliphatic carbocycles. The zero-order chi connectivity index (χ0) is 12.3. The standard InChI is InChI=1S/C14H22FNO/c1-2-10-16-11-4-3-5-12-17-14-8-6-13(15)7-9-14/h6-9,16H,2-5,10-12H2,1H3. The first-order valence-corrected chi connectivity index (χ1v) is 6.42. The van der Waals surface area contributed by atoms with Crippen molar-refractivity contribution in [3.63, 3.8) is 0 Å². The predicted molar refractivity (Wildman–Crippen MR) is 68.9 cm³/mol. The van der Waals surface area contributed by atoms with Crippen LogP contribution < -0.4 is 10.1 Å². The monoisotopic (exact) mass is 239 g/mol. The molecule has 0 aliphatic rings. The molecule has 1 N–H and O–H groups in total. The Morgan fingerprint density at radius 3 is 2.53 bits per heavy atom. The van der Waals surface area contributed by atoms with Crippen LogP contribution >= 0.6 is 0 Å². The Bertz CT molecular complexity index is 287. The van der Waals surface area contributed by atoms with Gasteiger partial charge in [-0.05, 0) is 63.0 Å². The van der Waals surface area contributed by atoms with E-state index in [4.69, 9.17) is 4.74 Å². The van der Waals surface area contributed by atoms with Crippen LogP contribution in [0.4, 0.5) is 4.39 Å².